The lowest BCUT2D eigenvalue weighted by Crippen LogP contribution is -2.12. The van der Waals surface area contributed by atoms with Crippen LogP contribution in [0.4, 0.5) is 5.69 Å². The molecule has 0 atom stereocenters. The quantitative estimate of drug-likeness (QED) is 0.414. The topological polar surface area (TPSA) is 61.4 Å². The number of anilines is 1. The van der Waals surface area contributed by atoms with Crippen LogP contribution in [0.25, 0.3) is 0 Å². The third kappa shape index (κ3) is 6.91. The first-order valence-electron chi connectivity index (χ1n) is 6.42. The molecular weight excluding hydrogens is 228 g/mol. The van der Waals surface area contributed by atoms with Crippen molar-refractivity contribution in [3.8, 4) is 5.75 Å². The van der Waals surface area contributed by atoms with Gasteiger partial charge in [-0.15, -0.1) is 0 Å². The van der Waals surface area contributed by atoms with Crippen LogP contribution in [-0.4, -0.2) is 24.6 Å². The number of phenols is 1. The van der Waals surface area contributed by atoms with Crippen molar-refractivity contribution in [2.75, 3.05) is 18.4 Å². The molecule has 0 saturated heterocycles. The Labute approximate surface area is 109 Å². The maximum absolute atomic E-state index is 10.1. The summed E-state index contributed by atoms with van der Waals surface area (Å²) in [4.78, 5) is 10.1. The van der Waals surface area contributed by atoms with Crippen LogP contribution in [0.5, 0.6) is 5.75 Å². The zero-order valence-corrected chi connectivity index (χ0v) is 11.5. The van der Waals surface area contributed by atoms with E-state index >= 15 is 0 Å². The van der Waals surface area contributed by atoms with Crippen molar-refractivity contribution in [3.63, 3.8) is 0 Å². The van der Waals surface area contributed by atoms with Crippen molar-refractivity contribution in [2.24, 2.45) is 0 Å². The van der Waals surface area contributed by atoms with Crippen molar-refractivity contribution in [2.45, 2.75) is 33.6 Å². The third-order valence-corrected chi connectivity index (χ3v) is 2.36. The van der Waals surface area contributed by atoms with Gasteiger partial charge in [0.2, 0.25) is 6.41 Å². The summed E-state index contributed by atoms with van der Waals surface area (Å²) in [6.07, 6.45) is 2.68. The van der Waals surface area contributed by atoms with Crippen LogP contribution in [-0.2, 0) is 11.2 Å². The molecule has 1 aromatic rings. The number of phenolic OH excluding ortho intramolecular Hbond substituents is 1. The Balaban J connectivity index is 0.000000411. The van der Waals surface area contributed by atoms with Crippen LogP contribution in [0.2, 0.25) is 0 Å². The number of aromatic hydroxyl groups is 1. The van der Waals surface area contributed by atoms with Crippen molar-refractivity contribution in [3.05, 3.63) is 23.8 Å². The van der Waals surface area contributed by atoms with Gasteiger partial charge < -0.3 is 15.7 Å². The molecule has 0 aliphatic heterocycles. The molecule has 1 amide bonds. The van der Waals surface area contributed by atoms with E-state index in [1.807, 2.05) is 13.0 Å². The Morgan fingerprint density at radius 3 is 2.44 bits per heavy atom. The fourth-order valence-corrected chi connectivity index (χ4v) is 1.34. The average molecular weight is 252 g/mol. The summed E-state index contributed by atoms with van der Waals surface area (Å²) in [7, 11) is 0. The van der Waals surface area contributed by atoms with Gasteiger partial charge in [0.1, 0.15) is 5.75 Å². The normalized spacial score (nSPS) is 9.28. The molecule has 1 aromatic carbocycles. The summed E-state index contributed by atoms with van der Waals surface area (Å²) in [6.45, 7) is 8.57. The highest BCUT2D eigenvalue weighted by molar-refractivity contribution is 5.75. The molecular formula is C14H24N2O2. The van der Waals surface area contributed by atoms with E-state index < -0.39 is 0 Å². The number of hydrogen-bond acceptors (Lipinski definition) is 3. The van der Waals surface area contributed by atoms with Crippen molar-refractivity contribution >= 4 is 12.1 Å². The van der Waals surface area contributed by atoms with Gasteiger partial charge in [-0.05, 0) is 43.6 Å². The zero-order chi connectivity index (χ0) is 13.8. The maximum Gasteiger partial charge on any atom is 0.211 e. The van der Waals surface area contributed by atoms with E-state index in [1.165, 1.54) is 6.42 Å². The molecule has 0 radical (unpaired) electrons. The predicted molar refractivity (Wildman–Crippen MR) is 76.0 cm³/mol. The second kappa shape index (κ2) is 10.6. The molecule has 3 N–H and O–H groups in total. The average Bonchev–Trinajstić information content (AvgIpc) is 2.40. The van der Waals surface area contributed by atoms with Crippen molar-refractivity contribution in [1.82, 2.24) is 5.32 Å². The molecule has 0 aliphatic carbocycles. The Bertz CT molecular complexity index is 337. The summed E-state index contributed by atoms with van der Waals surface area (Å²) >= 11 is 0. The van der Waals surface area contributed by atoms with Gasteiger partial charge in [-0.3, -0.25) is 4.79 Å². The number of amides is 1. The second-order valence-corrected chi connectivity index (χ2v) is 3.82. The van der Waals surface area contributed by atoms with E-state index in [0.29, 0.717) is 12.1 Å². The molecule has 0 heterocycles. The Hall–Kier alpha value is -1.55. The predicted octanol–water partition coefficient (Wildman–Crippen LogP) is 2.53. The number of rotatable bonds is 6. The number of hydrogen-bond donors (Lipinski definition) is 3. The highest BCUT2D eigenvalue weighted by Crippen LogP contribution is 2.23. The van der Waals surface area contributed by atoms with Crippen LogP contribution in [0, 0.1) is 0 Å². The SMILES string of the molecule is CCCNCC.CCc1ccc(O)c(NC=O)c1. The molecule has 4 heteroatoms. The third-order valence-electron chi connectivity index (χ3n) is 2.36. The highest BCUT2D eigenvalue weighted by atomic mass is 16.3. The summed E-state index contributed by atoms with van der Waals surface area (Å²) in [6, 6.07) is 5.15. The smallest absolute Gasteiger partial charge is 0.211 e. The molecule has 18 heavy (non-hydrogen) atoms. The Morgan fingerprint density at radius 1 is 1.28 bits per heavy atom. The minimum atomic E-state index is 0.0966. The number of aryl methyl sites for hydroxylation is 1. The van der Waals surface area contributed by atoms with E-state index in [9.17, 15) is 9.90 Å². The van der Waals surface area contributed by atoms with Crippen LogP contribution in [0.1, 0.15) is 32.8 Å². The molecule has 4 nitrogen and oxygen atoms in total. The van der Waals surface area contributed by atoms with Gasteiger partial charge in [0, 0.05) is 0 Å². The lowest BCUT2D eigenvalue weighted by Gasteiger charge is -2.03. The van der Waals surface area contributed by atoms with Gasteiger partial charge in [0.15, 0.2) is 0 Å². The van der Waals surface area contributed by atoms with Gasteiger partial charge in [-0.25, -0.2) is 0 Å². The van der Waals surface area contributed by atoms with Crippen LogP contribution in [0.15, 0.2) is 18.2 Å². The van der Waals surface area contributed by atoms with Gasteiger partial charge in [-0.1, -0.05) is 26.8 Å². The van der Waals surface area contributed by atoms with Gasteiger partial charge in [0.25, 0.3) is 0 Å². The summed E-state index contributed by atoms with van der Waals surface area (Å²) in [5.74, 6) is 0.0966. The van der Waals surface area contributed by atoms with E-state index in [0.717, 1.165) is 25.1 Å². The molecule has 0 bridgehead atoms. The minimum absolute atomic E-state index is 0.0966. The summed E-state index contributed by atoms with van der Waals surface area (Å²) in [5, 5.41) is 14.9. The number of nitrogens with one attached hydrogen (secondary N) is 2. The maximum atomic E-state index is 10.1. The first-order chi connectivity index (χ1) is 8.69. The second-order valence-electron chi connectivity index (χ2n) is 3.82. The van der Waals surface area contributed by atoms with Crippen molar-refractivity contribution in [1.29, 1.82) is 0 Å². The number of carbonyl (C=O) groups excluding carboxylic acids is 1. The number of carbonyl (C=O) groups is 1. The lowest BCUT2D eigenvalue weighted by molar-refractivity contribution is -0.105. The fourth-order valence-electron chi connectivity index (χ4n) is 1.34. The first-order valence-corrected chi connectivity index (χ1v) is 6.42. The van der Waals surface area contributed by atoms with Gasteiger partial charge >= 0.3 is 0 Å². The lowest BCUT2D eigenvalue weighted by atomic mass is 10.1. The van der Waals surface area contributed by atoms with Gasteiger partial charge in [-0.2, -0.15) is 0 Å². The monoisotopic (exact) mass is 252 g/mol. The van der Waals surface area contributed by atoms with E-state index in [4.69, 9.17) is 0 Å². The molecule has 0 fully saturated rings. The molecule has 0 aromatic heterocycles. The summed E-state index contributed by atoms with van der Waals surface area (Å²) in [5.41, 5.74) is 1.54. The van der Waals surface area contributed by atoms with Gasteiger partial charge in [0.05, 0.1) is 5.69 Å². The van der Waals surface area contributed by atoms with Crippen LogP contribution < -0.4 is 10.6 Å². The molecule has 102 valence electrons. The van der Waals surface area contributed by atoms with E-state index in [-0.39, 0.29) is 5.75 Å². The molecule has 0 unspecified atom stereocenters. The molecule has 1 rings (SSSR count). The van der Waals surface area contributed by atoms with Crippen molar-refractivity contribution < 1.29 is 9.90 Å². The molecule has 0 aliphatic rings. The molecule has 0 spiro atoms. The highest BCUT2D eigenvalue weighted by Gasteiger charge is 1.99. The largest absolute Gasteiger partial charge is 0.506 e. The fraction of sp³-hybridized carbons (Fsp3) is 0.500. The molecule has 0 saturated carbocycles. The van der Waals surface area contributed by atoms with Crippen LogP contribution in [0.3, 0.4) is 0 Å². The Morgan fingerprint density at radius 2 is 2.00 bits per heavy atom. The minimum Gasteiger partial charge on any atom is -0.506 e. The zero-order valence-electron chi connectivity index (χ0n) is 11.5. The first kappa shape index (κ1) is 16.4. The van der Waals surface area contributed by atoms with Crippen LogP contribution >= 0.6 is 0 Å². The van der Waals surface area contributed by atoms with E-state index in [2.05, 4.69) is 24.5 Å². The standard InChI is InChI=1S/C9H11NO2.C5H13N/c1-2-7-3-4-9(12)8(5-7)10-6-11;1-3-5-6-4-2/h3-6,12H,2H2,1H3,(H,10,11);6H,3-5H2,1-2H3. The Kier molecular flexibility index (Phi) is 9.68. The number of benzene rings is 1. The summed E-state index contributed by atoms with van der Waals surface area (Å²) < 4.78 is 0. The van der Waals surface area contributed by atoms with E-state index in [1.54, 1.807) is 12.1 Å².